The standard InChI is InChI=1S/C24H24N2O5/c1-15-4-8-17(9-5-15)31-18-10-6-16(7-11-18)22(28)25(3)14-21(27)26-19(23(29)30)12-24(2)13-20(24)26/h4-11,19-20H,3,12-14H2,1-2H3/p+1/t19-,20?,24+/m0/s1. The van der Waals surface area contributed by atoms with Gasteiger partial charge in [0.2, 0.25) is 6.54 Å². The number of carboxylic acid groups (broad SMARTS) is 1. The predicted molar refractivity (Wildman–Crippen MR) is 114 cm³/mol. The molecule has 2 aliphatic rings. The first kappa shape index (κ1) is 20.8. The average Bonchev–Trinajstić information content (AvgIpc) is 3.29. The molecule has 1 aliphatic heterocycles. The second-order valence-corrected chi connectivity index (χ2v) is 8.68. The van der Waals surface area contributed by atoms with Crippen LogP contribution in [0.5, 0.6) is 11.5 Å². The molecule has 7 heteroatoms. The summed E-state index contributed by atoms with van der Waals surface area (Å²) in [6, 6.07) is 13.3. The van der Waals surface area contributed by atoms with E-state index in [2.05, 4.69) is 6.72 Å². The van der Waals surface area contributed by atoms with E-state index in [0.717, 1.165) is 16.6 Å². The monoisotopic (exact) mass is 421 g/mol. The molecule has 0 spiro atoms. The Kier molecular flexibility index (Phi) is 5.13. The molecule has 0 radical (unpaired) electrons. The number of fused-ring (bicyclic) bond motifs is 1. The molecule has 3 atom stereocenters. The Hall–Kier alpha value is -3.48. The Bertz CT molecular complexity index is 1060. The van der Waals surface area contributed by atoms with Crippen molar-refractivity contribution in [2.24, 2.45) is 5.41 Å². The molecule has 1 unspecified atom stereocenters. The van der Waals surface area contributed by atoms with Crippen molar-refractivity contribution in [3.8, 4) is 11.5 Å². The molecule has 1 N–H and O–H groups in total. The molecular weight excluding hydrogens is 396 g/mol. The fourth-order valence-corrected chi connectivity index (χ4v) is 4.25. The summed E-state index contributed by atoms with van der Waals surface area (Å²) in [4.78, 5) is 38.5. The number of aryl methyl sites for hydroxylation is 1. The second-order valence-electron chi connectivity index (χ2n) is 8.68. The molecule has 1 heterocycles. The minimum Gasteiger partial charge on any atom is -0.480 e. The van der Waals surface area contributed by atoms with Gasteiger partial charge in [0, 0.05) is 6.04 Å². The third-order valence-electron chi connectivity index (χ3n) is 6.18. The molecule has 1 aliphatic carbocycles. The largest absolute Gasteiger partial charge is 0.480 e. The van der Waals surface area contributed by atoms with Crippen LogP contribution in [0.25, 0.3) is 0 Å². The lowest BCUT2D eigenvalue weighted by Gasteiger charge is -2.23. The van der Waals surface area contributed by atoms with Crippen LogP contribution in [-0.2, 0) is 9.59 Å². The van der Waals surface area contributed by atoms with Crippen LogP contribution in [0.4, 0.5) is 0 Å². The van der Waals surface area contributed by atoms with Gasteiger partial charge < -0.3 is 14.7 Å². The smallest absolute Gasteiger partial charge is 0.419 e. The van der Waals surface area contributed by atoms with Crippen molar-refractivity contribution in [3.05, 3.63) is 59.7 Å². The fraction of sp³-hybridized carbons (Fsp3) is 0.333. The fourth-order valence-electron chi connectivity index (χ4n) is 4.25. The quantitative estimate of drug-likeness (QED) is 0.572. The van der Waals surface area contributed by atoms with Gasteiger partial charge in [-0.15, -0.1) is 0 Å². The minimum atomic E-state index is -1.01. The van der Waals surface area contributed by atoms with Crippen LogP contribution < -0.4 is 4.74 Å². The van der Waals surface area contributed by atoms with E-state index in [-0.39, 0.29) is 23.9 Å². The van der Waals surface area contributed by atoms with Crippen LogP contribution >= 0.6 is 0 Å². The van der Waals surface area contributed by atoms with Gasteiger partial charge in [0.25, 0.3) is 5.91 Å². The Balaban J connectivity index is 1.39. The van der Waals surface area contributed by atoms with Crippen LogP contribution in [0.15, 0.2) is 48.5 Å². The number of carbonyl (C=O) groups is 3. The highest BCUT2D eigenvalue weighted by Crippen LogP contribution is 2.59. The molecule has 2 aromatic carbocycles. The Morgan fingerprint density at radius 1 is 1.10 bits per heavy atom. The maximum Gasteiger partial charge on any atom is 0.419 e. The van der Waals surface area contributed by atoms with Crippen molar-refractivity contribution < 1.29 is 28.8 Å². The third-order valence-corrected chi connectivity index (χ3v) is 6.18. The van der Waals surface area contributed by atoms with Crippen LogP contribution in [0.1, 0.15) is 35.7 Å². The molecule has 2 fully saturated rings. The second kappa shape index (κ2) is 7.65. The third kappa shape index (κ3) is 4.08. The first-order valence-electron chi connectivity index (χ1n) is 10.2. The SMILES string of the molecule is C=[N+](CC(=O)N1C2C[C@@]2(C)C[C@H]1C(=O)O)C(=O)c1ccc(Oc2ccc(C)cc2)cc1. The van der Waals surface area contributed by atoms with Gasteiger partial charge in [-0.3, -0.25) is 4.79 Å². The first-order chi connectivity index (χ1) is 14.7. The highest BCUT2D eigenvalue weighted by Gasteiger charge is 2.64. The number of aliphatic carboxylic acids is 1. The van der Waals surface area contributed by atoms with Gasteiger partial charge in [0.1, 0.15) is 24.3 Å². The summed E-state index contributed by atoms with van der Waals surface area (Å²) in [7, 11) is 0. The molecule has 2 aromatic rings. The van der Waals surface area contributed by atoms with Gasteiger partial charge in [-0.05, 0) is 61.6 Å². The summed E-state index contributed by atoms with van der Waals surface area (Å²) in [5, 5.41) is 9.45. The molecule has 31 heavy (non-hydrogen) atoms. The van der Waals surface area contributed by atoms with Crippen molar-refractivity contribution in [3.63, 3.8) is 0 Å². The minimum absolute atomic E-state index is 0.0668. The maximum atomic E-state index is 12.8. The number of ether oxygens (including phenoxy) is 1. The summed E-state index contributed by atoms with van der Waals surface area (Å²) < 4.78 is 6.84. The molecule has 1 saturated carbocycles. The Labute approximate surface area is 180 Å². The van der Waals surface area contributed by atoms with E-state index in [1.165, 1.54) is 4.90 Å². The number of hydrogen-bond donors (Lipinski definition) is 1. The molecule has 4 rings (SSSR count). The molecule has 160 valence electrons. The summed E-state index contributed by atoms with van der Waals surface area (Å²) >= 11 is 0. The lowest BCUT2D eigenvalue weighted by atomic mass is 10.0. The van der Waals surface area contributed by atoms with Crippen molar-refractivity contribution in [2.45, 2.75) is 38.8 Å². The highest BCUT2D eigenvalue weighted by molar-refractivity contribution is 5.92. The van der Waals surface area contributed by atoms with E-state index in [4.69, 9.17) is 4.74 Å². The van der Waals surface area contributed by atoms with Gasteiger partial charge >= 0.3 is 11.9 Å². The Morgan fingerprint density at radius 3 is 2.26 bits per heavy atom. The van der Waals surface area contributed by atoms with Crippen molar-refractivity contribution in [1.82, 2.24) is 4.90 Å². The van der Waals surface area contributed by atoms with Crippen LogP contribution in [-0.4, -0.2) is 57.7 Å². The molecule has 0 aromatic heterocycles. The van der Waals surface area contributed by atoms with Gasteiger partial charge in [-0.2, -0.15) is 4.58 Å². The van der Waals surface area contributed by atoms with E-state index >= 15 is 0 Å². The lowest BCUT2D eigenvalue weighted by Crippen LogP contribution is -2.46. The summed E-state index contributed by atoms with van der Waals surface area (Å²) in [6.07, 6.45) is 1.25. The van der Waals surface area contributed by atoms with Gasteiger partial charge in [0.05, 0.1) is 5.56 Å². The van der Waals surface area contributed by atoms with Gasteiger partial charge in [-0.1, -0.05) is 24.6 Å². The van der Waals surface area contributed by atoms with E-state index in [0.29, 0.717) is 23.5 Å². The van der Waals surface area contributed by atoms with Crippen molar-refractivity contribution in [1.29, 1.82) is 0 Å². The number of hydrogen-bond acceptors (Lipinski definition) is 4. The number of carbonyl (C=O) groups excluding carboxylic acids is 2. The topological polar surface area (TPSA) is 86.9 Å². The number of benzene rings is 2. The number of nitrogens with zero attached hydrogens (tertiary/aromatic N) is 2. The average molecular weight is 421 g/mol. The number of carboxylic acids is 1. The van der Waals surface area contributed by atoms with Crippen molar-refractivity contribution >= 4 is 24.5 Å². The zero-order valence-corrected chi connectivity index (χ0v) is 17.6. The summed E-state index contributed by atoms with van der Waals surface area (Å²) in [6.45, 7) is 7.43. The normalized spacial score (nSPS) is 23.7. The van der Waals surface area contributed by atoms with Crippen LogP contribution in [0.2, 0.25) is 0 Å². The number of rotatable bonds is 6. The zero-order valence-electron chi connectivity index (χ0n) is 17.6. The molecule has 0 bridgehead atoms. The predicted octanol–water partition coefficient (Wildman–Crippen LogP) is 3.10. The zero-order chi connectivity index (χ0) is 22.3. The van der Waals surface area contributed by atoms with E-state index in [9.17, 15) is 19.5 Å². The van der Waals surface area contributed by atoms with Gasteiger partial charge in [-0.25, -0.2) is 9.59 Å². The van der Waals surface area contributed by atoms with Crippen molar-refractivity contribution in [2.75, 3.05) is 6.54 Å². The Morgan fingerprint density at radius 2 is 1.68 bits per heavy atom. The summed E-state index contributed by atoms with van der Waals surface area (Å²) in [5.41, 5.74) is 1.38. The number of likely N-dealkylation sites (tertiary alicyclic amines) is 1. The van der Waals surface area contributed by atoms with Crippen LogP contribution in [0, 0.1) is 12.3 Å². The highest BCUT2D eigenvalue weighted by atomic mass is 16.5. The molecule has 2 amide bonds. The lowest BCUT2D eigenvalue weighted by molar-refractivity contribution is -0.409. The first-order valence-corrected chi connectivity index (χ1v) is 10.2. The van der Waals surface area contributed by atoms with E-state index in [1.54, 1.807) is 24.3 Å². The van der Waals surface area contributed by atoms with Gasteiger partial charge in [0.15, 0.2) is 0 Å². The summed E-state index contributed by atoms with van der Waals surface area (Å²) in [5.74, 6) is -0.532. The van der Waals surface area contributed by atoms with Crippen LogP contribution in [0.3, 0.4) is 0 Å². The van der Waals surface area contributed by atoms with E-state index < -0.39 is 17.9 Å². The number of amides is 2. The molecular formula is C24H25N2O5+. The number of piperidine rings is 1. The maximum absolute atomic E-state index is 12.8. The molecule has 1 saturated heterocycles. The molecule has 7 nitrogen and oxygen atoms in total. The van der Waals surface area contributed by atoms with E-state index in [1.807, 2.05) is 38.1 Å².